The maximum atomic E-state index is 12.3. The molecule has 2 N–H and O–H groups in total. The Morgan fingerprint density at radius 2 is 1.96 bits per heavy atom. The fourth-order valence-corrected chi connectivity index (χ4v) is 2.61. The van der Waals surface area contributed by atoms with E-state index in [-0.39, 0.29) is 29.7 Å². The minimum Gasteiger partial charge on any atom is -0.326 e. The first-order valence-electron chi connectivity index (χ1n) is 8.57. The van der Waals surface area contributed by atoms with E-state index < -0.39 is 0 Å². The van der Waals surface area contributed by atoms with Gasteiger partial charge in [-0.2, -0.15) is 0 Å². The number of hydrogen-bond donors (Lipinski definition) is 2. The lowest BCUT2D eigenvalue weighted by atomic mass is 9.91. The lowest BCUT2D eigenvalue weighted by molar-refractivity contribution is -0.116. The van der Waals surface area contributed by atoms with E-state index in [1.54, 1.807) is 18.3 Å². The molecular formula is C20H22N4O2. The monoisotopic (exact) mass is 350 g/mol. The number of rotatable bonds is 4. The average molecular weight is 350 g/mol. The molecular weight excluding hydrogens is 328 g/mol. The number of hydrogen-bond acceptors (Lipinski definition) is 4. The molecule has 0 saturated heterocycles. The quantitative estimate of drug-likeness (QED) is 0.756. The largest absolute Gasteiger partial charge is 0.326 e. The van der Waals surface area contributed by atoms with Crippen LogP contribution in [-0.4, -0.2) is 20.9 Å². The van der Waals surface area contributed by atoms with Gasteiger partial charge in [-0.25, -0.2) is 4.98 Å². The molecule has 0 fully saturated rings. The summed E-state index contributed by atoms with van der Waals surface area (Å²) in [5, 5.41) is 2.86. The van der Waals surface area contributed by atoms with E-state index in [1.807, 2.05) is 24.3 Å². The fourth-order valence-electron chi connectivity index (χ4n) is 2.61. The summed E-state index contributed by atoms with van der Waals surface area (Å²) < 4.78 is 0. The Hall–Kier alpha value is -3.02. The molecule has 0 unspecified atom stereocenters. The summed E-state index contributed by atoms with van der Waals surface area (Å²) in [4.78, 5) is 35.9. The van der Waals surface area contributed by atoms with Crippen molar-refractivity contribution in [3.63, 3.8) is 0 Å². The number of amides is 1. The molecule has 0 spiro atoms. The first-order chi connectivity index (χ1) is 12.3. The van der Waals surface area contributed by atoms with Gasteiger partial charge in [0.25, 0.3) is 5.56 Å². The number of anilines is 1. The van der Waals surface area contributed by atoms with Crippen molar-refractivity contribution < 1.29 is 4.79 Å². The van der Waals surface area contributed by atoms with Gasteiger partial charge in [-0.05, 0) is 24.3 Å². The number of nitrogens with one attached hydrogen (secondary N) is 2. The molecule has 0 saturated carbocycles. The van der Waals surface area contributed by atoms with Gasteiger partial charge in [-0.3, -0.25) is 14.6 Å². The average Bonchev–Trinajstić information content (AvgIpc) is 2.59. The van der Waals surface area contributed by atoms with E-state index in [2.05, 4.69) is 41.0 Å². The normalized spacial score (nSPS) is 11.5. The lowest BCUT2D eigenvalue weighted by Gasteiger charge is -2.18. The predicted octanol–water partition coefficient (Wildman–Crippen LogP) is 3.19. The van der Waals surface area contributed by atoms with Crippen molar-refractivity contribution >= 4 is 22.6 Å². The molecule has 26 heavy (non-hydrogen) atoms. The predicted molar refractivity (Wildman–Crippen MR) is 102 cm³/mol. The number of para-hydroxylation sites is 2. The topological polar surface area (TPSA) is 87.7 Å². The Kier molecular flexibility index (Phi) is 4.84. The number of fused-ring (bicyclic) bond motifs is 1. The van der Waals surface area contributed by atoms with Gasteiger partial charge >= 0.3 is 0 Å². The van der Waals surface area contributed by atoms with Gasteiger partial charge in [0, 0.05) is 35.8 Å². The summed E-state index contributed by atoms with van der Waals surface area (Å²) >= 11 is 0. The molecule has 6 heteroatoms. The molecule has 1 amide bonds. The first kappa shape index (κ1) is 17.8. The van der Waals surface area contributed by atoms with Crippen molar-refractivity contribution in [2.45, 2.75) is 39.0 Å². The minimum atomic E-state index is -0.254. The molecule has 3 aromatic rings. The van der Waals surface area contributed by atoms with Crippen molar-refractivity contribution in [1.82, 2.24) is 15.0 Å². The van der Waals surface area contributed by atoms with E-state index >= 15 is 0 Å². The van der Waals surface area contributed by atoms with Crippen molar-refractivity contribution in [2.24, 2.45) is 0 Å². The highest BCUT2D eigenvalue weighted by Crippen LogP contribution is 2.22. The van der Waals surface area contributed by atoms with Crippen LogP contribution >= 0.6 is 0 Å². The standard InChI is InChI=1S/C20H22N4O2/c1-20(2,3)17-12-13(10-11-21-17)22-18(25)9-8-16-19(26)24-15-7-5-4-6-14(15)23-16/h4-7,10-12H,8-9H2,1-3H3,(H,24,26)(H,21,22,25). The van der Waals surface area contributed by atoms with Gasteiger partial charge in [0.15, 0.2) is 0 Å². The molecule has 0 aliphatic rings. The Labute approximate surface area is 151 Å². The molecule has 134 valence electrons. The van der Waals surface area contributed by atoms with E-state index in [9.17, 15) is 9.59 Å². The summed E-state index contributed by atoms with van der Waals surface area (Å²) in [6.45, 7) is 6.20. The lowest BCUT2D eigenvalue weighted by Crippen LogP contribution is -2.19. The van der Waals surface area contributed by atoms with Gasteiger partial charge in [0.05, 0.1) is 11.0 Å². The third-order valence-electron chi connectivity index (χ3n) is 4.07. The highest BCUT2D eigenvalue weighted by atomic mass is 16.1. The van der Waals surface area contributed by atoms with Crippen LogP contribution in [0.3, 0.4) is 0 Å². The molecule has 6 nitrogen and oxygen atoms in total. The third-order valence-corrected chi connectivity index (χ3v) is 4.07. The smallest absolute Gasteiger partial charge is 0.270 e. The van der Waals surface area contributed by atoms with Crippen molar-refractivity contribution in [3.8, 4) is 0 Å². The molecule has 0 bridgehead atoms. The molecule has 3 rings (SSSR count). The second kappa shape index (κ2) is 7.07. The zero-order valence-corrected chi connectivity index (χ0v) is 15.2. The maximum absolute atomic E-state index is 12.3. The number of carbonyl (C=O) groups is 1. The highest BCUT2D eigenvalue weighted by molar-refractivity contribution is 5.90. The van der Waals surface area contributed by atoms with Crippen LogP contribution in [0.1, 0.15) is 38.6 Å². The number of pyridine rings is 1. The Morgan fingerprint density at radius 3 is 2.73 bits per heavy atom. The van der Waals surface area contributed by atoms with Crippen LogP contribution in [-0.2, 0) is 16.6 Å². The van der Waals surface area contributed by atoms with E-state index in [4.69, 9.17) is 0 Å². The van der Waals surface area contributed by atoms with Crippen LogP contribution in [0.15, 0.2) is 47.4 Å². The molecule has 0 aliphatic carbocycles. The summed E-state index contributed by atoms with van der Waals surface area (Å²) in [5.41, 5.74) is 3.03. The van der Waals surface area contributed by atoms with Gasteiger partial charge in [0.1, 0.15) is 5.69 Å². The number of carbonyl (C=O) groups excluding carboxylic acids is 1. The van der Waals surface area contributed by atoms with Gasteiger partial charge < -0.3 is 10.3 Å². The van der Waals surface area contributed by atoms with Crippen LogP contribution < -0.4 is 10.9 Å². The first-order valence-corrected chi connectivity index (χ1v) is 8.57. The van der Waals surface area contributed by atoms with Gasteiger partial charge in [-0.15, -0.1) is 0 Å². The zero-order valence-electron chi connectivity index (χ0n) is 15.2. The zero-order chi connectivity index (χ0) is 18.7. The molecule has 0 radical (unpaired) electrons. The number of aryl methyl sites for hydroxylation is 1. The van der Waals surface area contributed by atoms with Crippen LogP contribution in [0, 0.1) is 0 Å². The summed E-state index contributed by atoms with van der Waals surface area (Å²) in [7, 11) is 0. The van der Waals surface area contributed by atoms with E-state index in [0.717, 1.165) is 5.69 Å². The van der Waals surface area contributed by atoms with Gasteiger partial charge in [0.2, 0.25) is 5.91 Å². The SMILES string of the molecule is CC(C)(C)c1cc(NC(=O)CCc2nc3ccccc3[nH]c2=O)ccn1. The molecule has 2 heterocycles. The fraction of sp³-hybridized carbons (Fsp3) is 0.300. The third kappa shape index (κ3) is 4.14. The number of H-pyrrole nitrogens is 1. The molecule has 1 aromatic carbocycles. The number of nitrogens with zero attached hydrogens (tertiary/aromatic N) is 2. The number of aromatic amines is 1. The van der Waals surface area contributed by atoms with Crippen LogP contribution in [0.25, 0.3) is 11.0 Å². The Bertz CT molecular complexity index is 1000. The van der Waals surface area contributed by atoms with Crippen molar-refractivity contribution in [3.05, 3.63) is 64.3 Å². The second-order valence-electron chi connectivity index (χ2n) is 7.26. The van der Waals surface area contributed by atoms with Crippen LogP contribution in [0.5, 0.6) is 0 Å². The molecule has 2 aromatic heterocycles. The molecule has 0 atom stereocenters. The van der Waals surface area contributed by atoms with Crippen LogP contribution in [0.4, 0.5) is 5.69 Å². The Morgan fingerprint density at radius 1 is 1.19 bits per heavy atom. The minimum absolute atomic E-state index is 0.0942. The van der Waals surface area contributed by atoms with Crippen LogP contribution in [0.2, 0.25) is 0 Å². The highest BCUT2D eigenvalue weighted by Gasteiger charge is 2.16. The maximum Gasteiger partial charge on any atom is 0.270 e. The molecule has 0 aliphatic heterocycles. The number of benzene rings is 1. The van der Waals surface area contributed by atoms with E-state index in [1.165, 1.54) is 0 Å². The van der Waals surface area contributed by atoms with Crippen molar-refractivity contribution in [1.29, 1.82) is 0 Å². The number of aromatic nitrogens is 3. The van der Waals surface area contributed by atoms with Crippen molar-refractivity contribution in [2.75, 3.05) is 5.32 Å². The second-order valence-corrected chi connectivity index (χ2v) is 7.26. The van der Waals surface area contributed by atoms with E-state index in [0.29, 0.717) is 22.4 Å². The Balaban J connectivity index is 1.68. The summed E-state index contributed by atoms with van der Waals surface area (Å²) in [5.74, 6) is -0.162. The summed E-state index contributed by atoms with van der Waals surface area (Å²) in [6, 6.07) is 11.0. The summed E-state index contributed by atoms with van der Waals surface area (Å²) in [6.07, 6.45) is 2.15. The van der Waals surface area contributed by atoms with Gasteiger partial charge in [-0.1, -0.05) is 32.9 Å².